The molecule has 38 heavy (non-hydrogen) atoms. The van der Waals surface area contributed by atoms with Crippen molar-refractivity contribution in [2.24, 2.45) is 0 Å². The average molecular weight is 592 g/mol. The molecule has 10 heteroatoms. The van der Waals surface area contributed by atoms with Gasteiger partial charge in [0.1, 0.15) is 5.75 Å². The van der Waals surface area contributed by atoms with Crippen LogP contribution in [0, 0.1) is 0 Å². The molecule has 1 aliphatic rings. The summed E-state index contributed by atoms with van der Waals surface area (Å²) in [6.07, 6.45) is 0.747. The second-order valence-electron chi connectivity index (χ2n) is 9.39. The summed E-state index contributed by atoms with van der Waals surface area (Å²) in [4.78, 5) is 7.51. The summed E-state index contributed by atoms with van der Waals surface area (Å²) in [7, 11) is 0. The lowest BCUT2D eigenvalue weighted by Gasteiger charge is -2.35. The number of benzene rings is 2. The summed E-state index contributed by atoms with van der Waals surface area (Å²) in [6.45, 7) is 7.74. The van der Waals surface area contributed by atoms with Gasteiger partial charge in [-0.3, -0.25) is 9.88 Å². The van der Waals surface area contributed by atoms with Crippen LogP contribution in [0.2, 0.25) is 0 Å². The third-order valence-corrected chi connectivity index (χ3v) is 7.33. The van der Waals surface area contributed by atoms with E-state index >= 15 is 0 Å². The van der Waals surface area contributed by atoms with E-state index in [-0.39, 0.29) is 37.0 Å². The van der Waals surface area contributed by atoms with E-state index in [1.807, 2.05) is 18.2 Å². The highest BCUT2D eigenvalue weighted by Gasteiger charge is 2.30. The molecule has 0 radical (unpaired) electrons. The normalized spacial score (nSPS) is 18.0. The summed E-state index contributed by atoms with van der Waals surface area (Å²) < 4.78 is 50.6. The molecular formula is C28H35Cl2F3N2O2S. The molecular weight excluding hydrogens is 556 g/mol. The zero-order valence-corrected chi connectivity index (χ0v) is 24.0. The maximum atomic E-state index is 13.0. The van der Waals surface area contributed by atoms with Gasteiger partial charge in [0.25, 0.3) is 0 Å². The van der Waals surface area contributed by atoms with Crippen molar-refractivity contribution in [2.75, 3.05) is 25.4 Å². The highest BCUT2D eigenvalue weighted by atomic mass is 35.5. The van der Waals surface area contributed by atoms with Crippen molar-refractivity contribution in [3.8, 4) is 5.75 Å². The molecule has 2 heterocycles. The van der Waals surface area contributed by atoms with E-state index in [0.29, 0.717) is 12.1 Å². The van der Waals surface area contributed by atoms with Crippen molar-refractivity contribution in [1.29, 1.82) is 0 Å². The second-order valence-corrected chi connectivity index (χ2v) is 10.5. The molecule has 0 unspecified atom stereocenters. The molecule has 0 saturated carbocycles. The van der Waals surface area contributed by atoms with Crippen molar-refractivity contribution >= 4 is 47.5 Å². The van der Waals surface area contributed by atoms with Crippen LogP contribution in [0.15, 0.2) is 59.6 Å². The lowest BCUT2D eigenvalue weighted by Crippen LogP contribution is -2.44. The van der Waals surface area contributed by atoms with Crippen molar-refractivity contribution in [3.05, 3.63) is 65.9 Å². The standard InChI is InChI=1S/C28H33F3N2O2S.2ClH/c1-20-17-33(18-21(2)35-20)19-22-6-9-24(10-7-22)34-14-4-3-5-15-36-27-12-13-32-26-16-23(28(29,30)31)8-11-25(26)27;;/h6-13,16,20-21H,3-5,14-15,17-19H2,1-2H3;2*1H/t20-,21+;;. The number of hydrogen-bond acceptors (Lipinski definition) is 5. The lowest BCUT2D eigenvalue weighted by atomic mass is 10.1. The summed E-state index contributed by atoms with van der Waals surface area (Å²) in [5.41, 5.74) is 0.989. The van der Waals surface area contributed by atoms with Gasteiger partial charge in [0, 0.05) is 36.1 Å². The molecule has 2 atom stereocenters. The summed E-state index contributed by atoms with van der Waals surface area (Å²) in [5, 5.41) is 0.764. The summed E-state index contributed by atoms with van der Waals surface area (Å²) >= 11 is 1.66. The van der Waals surface area contributed by atoms with E-state index in [9.17, 15) is 13.2 Å². The first kappa shape index (κ1) is 32.5. The minimum absolute atomic E-state index is 0. The predicted octanol–water partition coefficient (Wildman–Crippen LogP) is 8.05. The Bertz CT molecular complexity index is 1130. The van der Waals surface area contributed by atoms with Gasteiger partial charge in [0.15, 0.2) is 0 Å². The van der Waals surface area contributed by atoms with Crippen LogP contribution in [-0.4, -0.2) is 47.5 Å². The number of unbranched alkanes of at least 4 members (excludes halogenated alkanes) is 2. The topological polar surface area (TPSA) is 34.6 Å². The number of pyridine rings is 1. The largest absolute Gasteiger partial charge is 0.494 e. The van der Waals surface area contributed by atoms with Crippen molar-refractivity contribution in [3.63, 3.8) is 0 Å². The molecule has 2 aromatic carbocycles. The van der Waals surface area contributed by atoms with Crippen LogP contribution < -0.4 is 4.74 Å². The van der Waals surface area contributed by atoms with Gasteiger partial charge in [-0.15, -0.1) is 36.6 Å². The Balaban J connectivity index is 0.00000253. The van der Waals surface area contributed by atoms with E-state index in [4.69, 9.17) is 9.47 Å². The zero-order chi connectivity index (χ0) is 25.5. The Morgan fingerprint density at radius 2 is 1.68 bits per heavy atom. The Morgan fingerprint density at radius 3 is 2.37 bits per heavy atom. The number of alkyl halides is 3. The molecule has 0 bridgehead atoms. The molecule has 1 saturated heterocycles. The fourth-order valence-corrected chi connectivity index (χ4v) is 5.59. The average Bonchev–Trinajstić information content (AvgIpc) is 2.83. The molecule has 0 amide bonds. The quantitative estimate of drug-likeness (QED) is 0.176. The Labute approximate surface area is 239 Å². The Hall–Kier alpha value is -1.71. The zero-order valence-electron chi connectivity index (χ0n) is 21.6. The first-order valence-corrected chi connectivity index (χ1v) is 13.4. The fraction of sp³-hybridized carbons (Fsp3) is 0.464. The molecule has 1 aliphatic heterocycles. The minimum Gasteiger partial charge on any atom is -0.494 e. The van der Waals surface area contributed by atoms with E-state index in [1.165, 1.54) is 11.6 Å². The van der Waals surface area contributed by atoms with Crippen LogP contribution in [0.5, 0.6) is 5.75 Å². The summed E-state index contributed by atoms with van der Waals surface area (Å²) in [6, 6.07) is 14.0. The van der Waals surface area contributed by atoms with Gasteiger partial charge >= 0.3 is 6.18 Å². The molecule has 0 spiro atoms. The molecule has 210 valence electrons. The number of thioether (sulfide) groups is 1. The van der Waals surface area contributed by atoms with Gasteiger partial charge in [-0.2, -0.15) is 13.2 Å². The third kappa shape index (κ3) is 9.49. The first-order chi connectivity index (χ1) is 17.3. The fourth-order valence-electron chi connectivity index (χ4n) is 4.54. The van der Waals surface area contributed by atoms with Gasteiger partial charge in [-0.05, 0) is 74.8 Å². The van der Waals surface area contributed by atoms with Crippen molar-refractivity contribution < 1.29 is 22.6 Å². The van der Waals surface area contributed by atoms with E-state index in [2.05, 4.69) is 35.9 Å². The number of rotatable bonds is 10. The van der Waals surface area contributed by atoms with Gasteiger partial charge in [0.2, 0.25) is 0 Å². The monoisotopic (exact) mass is 590 g/mol. The second kappa shape index (κ2) is 15.2. The smallest absolute Gasteiger partial charge is 0.416 e. The van der Waals surface area contributed by atoms with E-state index in [1.54, 1.807) is 18.0 Å². The predicted molar refractivity (Wildman–Crippen MR) is 153 cm³/mol. The number of nitrogens with zero attached hydrogens (tertiary/aromatic N) is 2. The molecule has 1 aromatic heterocycles. The number of hydrogen-bond donors (Lipinski definition) is 0. The number of aromatic nitrogens is 1. The summed E-state index contributed by atoms with van der Waals surface area (Å²) in [5.74, 6) is 1.78. The molecule has 1 fully saturated rings. The first-order valence-electron chi connectivity index (χ1n) is 12.5. The number of ether oxygens (including phenoxy) is 2. The highest BCUT2D eigenvalue weighted by Crippen LogP contribution is 2.34. The maximum absolute atomic E-state index is 13.0. The van der Waals surface area contributed by atoms with Crippen LogP contribution in [0.25, 0.3) is 10.9 Å². The van der Waals surface area contributed by atoms with E-state index < -0.39 is 11.7 Å². The van der Waals surface area contributed by atoms with Crippen molar-refractivity contribution in [2.45, 2.75) is 62.9 Å². The maximum Gasteiger partial charge on any atom is 0.416 e. The van der Waals surface area contributed by atoms with Crippen LogP contribution in [0.3, 0.4) is 0 Å². The Kier molecular flexibility index (Phi) is 13.0. The molecule has 4 nitrogen and oxygen atoms in total. The number of morpholine rings is 1. The molecule has 0 aliphatic carbocycles. The molecule has 4 rings (SSSR count). The van der Waals surface area contributed by atoms with Crippen LogP contribution in [0.4, 0.5) is 13.2 Å². The molecule has 3 aromatic rings. The van der Waals surface area contributed by atoms with Gasteiger partial charge in [-0.1, -0.05) is 18.2 Å². The Morgan fingerprint density at radius 1 is 0.974 bits per heavy atom. The van der Waals surface area contributed by atoms with Crippen LogP contribution >= 0.6 is 36.6 Å². The van der Waals surface area contributed by atoms with Crippen molar-refractivity contribution in [1.82, 2.24) is 9.88 Å². The number of halogens is 5. The highest BCUT2D eigenvalue weighted by molar-refractivity contribution is 7.99. The van der Waals surface area contributed by atoms with E-state index in [0.717, 1.165) is 72.8 Å². The minimum atomic E-state index is -4.36. The van der Waals surface area contributed by atoms with Gasteiger partial charge in [-0.25, -0.2) is 0 Å². The van der Waals surface area contributed by atoms with Crippen LogP contribution in [0.1, 0.15) is 44.2 Å². The van der Waals surface area contributed by atoms with Gasteiger partial charge in [0.05, 0.1) is 29.9 Å². The van der Waals surface area contributed by atoms with Crippen LogP contribution in [-0.2, 0) is 17.5 Å². The number of fused-ring (bicyclic) bond motifs is 1. The lowest BCUT2D eigenvalue weighted by molar-refractivity contribution is -0.137. The van der Waals surface area contributed by atoms with Gasteiger partial charge < -0.3 is 9.47 Å². The third-order valence-electron chi connectivity index (χ3n) is 6.17. The SMILES string of the molecule is C[C@@H]1CN(Cc2ccc(OCCCCCSc3ccnc4cc(C(F)(F)F)ccc34)cc2)C[C@H](C)O1.Cl.Cl. The molecule has 0 N–H and O–H groups in total.